The van der Waals surface area contributed by atoms with Crippen LogP contribution in [-0.2, 0) is 6.42 Å². The second-order valence-electron chi connectivity index (χ2n) is 6.98. The van der Waals surface area contributed by atoms with Crippen LogP contribution in [0.1, 0.15) is 71.5 Å². The van der Waals surface area contributed by atoms with Crippen LogP contribution in [0, 0.1) is 47.3 Å². The van der Waals surface area contributed by atoms with Crippen LogP contribution in [0.15, 0.2) is 24.5 Å². The third kappa shape index (κ3) is 8.12. The van der Waals surface area contributed by atoms with Gasteiger partial charge in [0.1, 0.15) is 6.11 Å². The van der Waals surface area contributed by atoms with E-state index >= 15 is 0 Å². The lowest BCUT2D eigenvalue weighted by Crippen LogP contribution is -1.99. The fourth-order valence-corrected chi connectivity index (χ4v) is 2.92. The molecule has 0 aliphatic rings. The number of aromatic nitrogens is 2. The smallest absolute Gasteiger partial charge is 0.203 e. The van der Waals surface area contributed by atoms with Crippen molar-refractivity contribution in [1.82, 2.24) is 9.97 Å². The van der Waals surface area contributed by atoms with Crippen molar-refractivity contribution in [2.75, 3.05) is 0 Å². The molecule has 3 nitrogen and oxygen atoms in total. The van der Waals surface area contributed by atoms with Gasteiger partial charge >= 0.3 is 0 Å². The minimum atomic E-state index is -1.15. The lowest BCUT2D eigenvalue weighted by molar-refractivity contribution is 0.435. The Morgan fingerprint density at radius 2 is 1.55 bits per heavy atom. The molecule has 170 valence electrons. The zero-order valence-corrected chi connectivity index (χ0v) is 18.0. The number of benzene rings is 1. The summed E-state index contributed by atoms with van der Waals surface area (Å²) in [5, 5.41) is 0. The number of hydrogen-bond donors (Lipinski definition) is 0. The summed E-state index contributed by atoms with van der Waals surface area (Å²) >= 11 is 0. The SMILES string of the molecule is CC#CC#CC#COc1ccc(-c2ncc(CCCCCCCCC)cn2)c(F)c1F.[HH].[HH].[HH].[HH].[HH]. The van der Waals surface area contributed by atoms with E-state index in [1.165, 1.54) is 50.7 Å². The number of ether oxygens (including phenoxy) is 1. The maximum atomic E-state index is 14.5. The number of rotatable bonds is 10. The predicted molar refractivity (Wildman–Crippen MR) is 129 cm³/mol. The molecule has 0 radical (unpaired) electrons. The molecule has 0 N–H and O–H groups in total. The van der Waals surface area contributed by atoms with Crippen LogP contribution in [0.3, 0.4) is 0 Å². The maximum Gasteiger partial charge on any atom is 0.203 e. The Bertz CT molecular complexity index is 1050. The van der Waals surface area contributed by atoms with E-state index in [1.54, 1.807) is 19.3 Å². The number of hydrogen-bond acceptors (Lipinski definition) is 3. The van der Waals surface area contributed by atoms with Crippen molar-refractivity contribution in [3.63, 3.8) is 0 Å². The summed E-state index contributed by atoms with van der Waals surface area (Å²) in [6.45, 7) is 3.86. The Hall–Kier alpha value is -3.36. The van der Waals surface area contributed by atoms with Crippen molar-refractivity contribution < 1.29 is 20.7 Å². The van der Waals surface area contributed by atoms with Gasteiger partial charge in [-0.15, -0.1) is 0 Å². The van der Waals surface area contributed by atoms with E-state index in [4.69, 9.17) is 4.74 Å². The van der Waals surface area contributed by atoms with Crippen LogP contribution in [0.5, 0.6) is 5.75 Å². The molecular weight excluding hydrogens is 394 g/mol. The van der Waals surface area contributed by atoms with Crippen LogP contribution >= 0.6 is 0 Å². The van der Waals surface area contributed by atoms with Gasteiger partial charge in [-0.05, 0) is 49.3 Å². The molecule has 2 rings (SSSR count). The van der Waals surface area contributed by atoms with E-state index in [2.05, 4.69) is 52.6 Å². The molecule has 0 unspecified atom stereocenters. The first-order chi connectivity index (χ1) is 15.2. The molecule has 0 aliphatic carbocycles. The topological polar surface area (TPSA) is 35.0 Å². The van der Waals surface area contributed by atoms with Crippen molar-refractivity contribution in [3.05, 3.63) is 41.7 Å². The average Bonchev–Trinajstić information content (AvgIpc) is 2.79. The summed E-state index contributed by atoms with van der Waals surface area (Å²) in [6.07, 6.45) is 15.0. The van der Waals surface area contributed by atoms with Gasteiger partial charge in [0.05, 0.1) is 5.56 Å². The molecular formula is C26H36F2N2O. The highest BCUT2D eigenvalue weighted by atomic mass is 19.2. The molecule has 0 amide bonds. The minimum Gasteiger partial charge on any atom is -0.403 e. The van der Waals surface area contributed by atoms with Gasteiger partial charge < -0.3 is 4.74 Å². The second-order valence-corrected chi connectivity index (χ2v) is 6.98. The van der Waals surface area contributed by atoms with E-state index in [0.29, 0.717) is 0 Å². The van der Waals surface area contributed by atoms with Gasteiger partial charge in [0.15, 0.2) is 17.4 Å². The summed E-state index contributed by atoms with van der Waals surface area (Å²) < 4.78 is 33.7. The monoisotopic (exact) mass is 430 g/mol. The van der Waals surface area contributed by atoms with Gasteiger partial charge in [-0.3, -0.25) is 0 Å². The first-order valence-electron chi connectivity index (χ1n) is 10.5. The lowest BCUT2D eigenvalue weighted by Gasteiger charge is -2.07. The number of nitrogens with zero attached hydrogens (tertiary/aromatic N) is 2. The van der Waals surface area contributed by atoms with Gasteiger partial charge in [0, 0.05) is 31.4 Å². The minimum absolute atomic E-state index is 0. The molecule has 31 heavy (non-hydrogen) atoms. The third-order valence-electron chi connectivity index (χ3n) is 4.59. The Morgan fingerprint density at radius 3 is 2.26 bits per heavy atom. The highest BCUT2D eigenvalue weighted by molar-refractivity contribution is 5.57. The van der Waals surface area contributed by atoms with Gasteiger partial charge in [-0.1, -0.05) is 51.4 Å². The molecule has 5 heteroatoms. The van der Waals surface area contributed by atoms with Gasteiger partial charge in [0.25, 0.3) is 0 Å². The largest absolute Gasteiger partial charge is 0.403 e. The van der Waals surface area contributed by atoms with E-state index in [0.717, 1.165) is 18.4 Å². The Kier molecular flexibility index (Phi) is 10.6. The number of aryl methyl sites for hydroxylation is 1. The second kappa shape index (κ2) is 13.8. The Morgan fingerprint density at radius 1 is 0.871 bits per heavy atom. The molecule has 0 atom stereocenters. The van der Waals surface area contributed by atoms with Crippen molar-refractivity contribution in [3.8, 4) is 52.8 Å². The summed E-state index contributed by atoms with van der Waals surface area (Å²) in [6, 6.07) is 2.66. The van der Waals surface area contributed by atoms with E-state index < -0.39 is 11.6 Å². The van der Waals surface area contributed by atoms with Crippen molar-refractivity contribution in [2.45, 2.75) is 65.2 Å². The molecule has 0 saturated heterocycles. The van der Waals surface area contributed by atoms with E-state index in [-0.39, 0.29) is 24.3 Å². The fraction of sp³-hybridized carbons (Fsp3) is 0.385. The van der Waals surface area contributed by atoms with Crippen LogP contribution in [0.2, 0.25) is 0 Å². The molecule has 1 heterocycles. The molecule has 2 aromatic rings. The zero-order valence-electron chi connectivity index (χ0n) is 18.0. The molecule has 1 aromatic heterocycles. The number of unbranched alkanes of at least 4 members (excludes halogenated alkanes) is 6. The molecule has 0 aliphatic heterocycles. The van der Waals surface area contributed by atoms with Crippen LogP contribution in [0.4, 0.5) is 8.78 Å². The summed E-state index contributed by atoms with van der Waals surface area (Å²) in [4.78, 5) is 8.41. The lowest BCUT2D eigenvalue weighted by atomic mass is 10.1. The average molecular weight is 431 g/mol. The summed E-state index contributed by atoms with van der Waals surface area (Å²) in [5.74, 6) is 9.89. The fourth-order valence-electron chi connectivity index (χ4n) is 2.92. The van der Waals surface area contributed by atoms with Crippen molar-refractivity contribution >= 4 is 0 Å². The quantitative estimate of drug-likeness (QED) is 0.293. The summed E-state index contributed by atoms with van der Waals surface area (Å²) in [7, 11) is 0. The molecule has 0 saturated carbocycles. The Balaban J connectivity index is -0.00000102. The van der Waals surface area contributed by atoms with Crippen LogP contribution in [-0.4, -0.2) is 9.97 Å². The summed E-state index contributed by atoms with van der Waals surface area (Å²) in [5.41, 5.74) is 0.959. The zero-order chi connectivity index (χ0) is 22.3. The van der Waals surface area contributed by atoms with Gasteiger partial charge in [0.2, 0.25) is 5.82 Å². The third-order valence-corrected chi connectivity index (χ3v) is 4.59. The van der Waals surface area contributed by atoms with Crippen LogP contribution in [0.25, 0.3) is 11.4 Å². The standard InChI is InChI=1S/C26H26F2N2O.5H2/c1-3-5-7-9-10-11-13-15-21-19-29-26(30-20-21)22-16-17-23(25(28)24(22)27)31-18-14-12-8-6-4-2;;;;;/h16-17,19-20H,3,5,7,9-11,13,15H2,1-2H3;5*1H. The van der Waals surface area contributed by atoms with Gasteiger partial charge in [-0.2, -0.15) is 4.39 Å². The molecule has 0 spiro atoms. The number of halogens is 2. The van der Waals surface area contributed by atoms with Crippen molar-refractivity contribution in [2.24, 2.45) is 0 Å². The highest BCUT2D eigenvalue weighted by Crippen LogP contribution is 2.27. The van der Waals surface area contributed by atoms with Gasteiger partial charge in [-0.25, -0.2) is 14.4 Å². The van der Waals surface area contributed by atoms with E-state index in [1.807, 2.05) is 0 Å². The normalized spacial score (nSPS) is 9.55. The molecule has 0 fully saturated rings. The first kappa shape index (κ1) is 23.9. The molecule has 0 bridgehead atoms. The first-order valence-corrected chi connectivity index (χ1v) is 10.5. The maximum absolute atomic E-state index is 14.5. The van der Waals surface area contributed by atoms with Crippen molar-refractivity contribution in [1.29, 1.82) is 0 Å². The van der Waals surface area contributed by atoms with E-state index in [9.17, 15) is 8.78 Å². The molecule has 1 aromatic carbocycles. The van der Waals surface area contributed by atoms with Crippen LogP contribution < -0.4 is 4.74 Å². The predicted octanol–water partition coefficient (Wildman–Crippen LogP) is 7.31. The Labute approximate surface area is 191 Å². The highest BCUT2D eigenvalue weighted by Gasteiger charge is 2.17.